The number of quaternary nitrogens is 1. The highest BCUT2D eigenvalue weighted by Gasteiger charge is 2.24. The third-order valence-electron chi connectivity index (χ3n) is 4.46. The van der Waals surface area contributed by atoms with E-state index in [2.05, 4.69) is 36.1 Å². The van der Waals surface area contributed by atoms with Crippen LogP contribution in [-0.4, -0.2) is 48.6 Å². The highest BCUT2D eigenvalue weighted by molar-refractivity contribution is 9.10. The van der Waals surface area contributed by atoms with E-state index in [0.717, 1.165) is 42.2 Å². The molecule has 2 N–H and O–H groups in total. The van der Waals surface area contributed by atoms with E-state index in [9.17, 15) is 4.79 Å². The predicted octanol–water partition coefficient (Wildman–Crippen LogP) is 0.821. The lowest BCUT2D eigenvalue weighted by Crippen LogP contribution is -3.16. The van der Waals surface area contributed by atoms with Gasteiger partial charge in [-0.3, -0.25) is 4.79 Å². The van der Waals surface area contributed by atoms with E-state index < -0.39 is 0 Å². The molecule has 132 valence electrons. The lowest BCUT2D eigenvalue weighted by atomic mass is 10.1. The fourth-order valence-corrected chi connectivity index (χ4v) is 3.27. The van der Waals surface area contributed by atoms with Gasteiger partial charge in [-0.15, -0.1) is 0 Å². The lowest BCUT2D eigenvalue weighted by Gasteiger charge is -2.31. The summed E-state index contributed by atoms with van der Waals surface area (Å²) in [4.78, 5) is 24.4. The Hall–Kier alpha value is -1.99. The molecule has 0 spiro atoms. The first kappa shape index (κ1) is 17.8. The summed E-state index contributed by atoms with van der Waals surface area (Å²) < 4.78 is 1.04. The van der Waals surface area contributed by atoms with E-state index in [0.29, 0.717) is 6.54 Å². The first-order valence-corrected chi connectivity index (χ1v) is 9.31. The van der Waals surface area contributed by atoms with Gasteiger partial charge in [-0.2, -0.15) is 0 Å². The highest BCUT2D eigenvalue weighted by atomic mass is 79.9. The molecular weight excluding hydrogens is 382 g/mol. The van der Waals surface area contributed by atoms with Crippen molar-refractivity contribution in [3.63, 3.8) is 0 Å². The average Bonchev–Trinajstić information content (AvgIpc) is 2.63. The minimum absolute atomic E-state index is 0.0130. The van der Waals surface area contributed by atoms with Gasteiger partial charge in [0.1, 0.15) is 0 Å². The second-order valence-electron chi connectivity index (χ2n) is 6.30. The van der Waals surface area contributed by atoms with Crippen LogP contribution in [0.5, 0.6) is 0 Å². The number of aromatic nitrogens is 2. The van der Waals surface area contributed by atoms with Gasteiger partial charge in [-0.1, -0.05) is 28.1 Å². The van der Waals surface area contributed by atoms with Crippen molar-refractivity contribution < 1.29 is 9.69 Å². The van der Waals surface area contributed by atoms with Gasteiger partial charge in [-0.05, 0) is 30.7 Å². The number of benzene rings is 1. The molecule has 3 rings (SSSR count). The summed E-state index contributed by atoms with van der Waals surface area (Å²) in [5.41, 5.74) is 1.11. The van der Waals surface area contributed by atoms with E-state index in [4.69, 9.17) is 0 Å². The fourth-order valence-electron chi connectivity index (χ4n) is 3.01. The number of hydrogen-bond acceptors (Lipinski definition) is 4. The van der Waals surface area contributed by atoms with Gasteiger partial charge in [0.2, 0.25) is 5.95 Å². The number of hydrogen-bond donors (Lipinski definition) is 2. The second kappa shape index (κ2) is 8.40. The van der Waals surface area contributed by atoms with Crippen LogP contribution < -0.4 is 15.1 Å². The number of anilines is 1. The molecule has 0 saturated carbocycles. The first-order chi connectivity index (χ1) is 12.1. The molecule has 0 aliphatic carbocycles. The summed E-state index contributed by atoms with van der Waals surface area (Å²) in [6.45, 7) is 6.09. The number of carbonyl (C=O) groups excluding carboxylic acids is 1. The van der Waals surface area contributed by atoms with Crippen LogP contribution in [0.3, 0.4) is 0 Å². The topological polar surface area (TPSA) is 62.6 Å². The third-order valence-corrected chi connectivity index (χ3v) is 4.99. The van der Waals surface area contributed by atoms with Gasteiger partial charge < -0.3 is 15.1 Å². The molecule has 2 heterocycles. The zero-order chi connectivity index (χ0) is 17.6. The second-order valence-corrected chi connectivity index (χ2v) is 7.22. The van der Waals surface area contributed by atoms with Crippen LogP contribution in [0.15, 0.2) is 47.2 Å². The van der Waals surface area contributed by atoms with Crippen molar-refractivity contribution in [2.24, 2.45) is 0 Å². The maximum Gasteiger partial charge on any atom is 0.275 e. The summed E-state index contributed by atoms with van der Waals surface area (Å²) in [5.74, 6) is 0.865. The summed E-state index contributed by atoms with van der Waals surface area (Å²) in [6.07, 6.45) is 3.52. The number of rotatable bonds is 5. The quantitative estimate of drug-likeness (QED) is 0.774. The molecule has 1 aliphatic heterocycles. The molecule has 6 nitrogen and oxygen atoms in total. The van der Waals surface area contributed by atoms with Crippen molar-refractivity contribution >= 4 is 27.8 Å². The fraction of sp³-hybridized carbons (Fsp3) is 0.389. The number of halogens is 1. The number of piperazine rings is 1. The monoisotopic (exact) mass is 404 g/mol. The number of nitrogens with zero attached hydrogens (tertiary/aromatic N) is 3. The van der Waals surface area contributed by atoms with Crippen LogP contribution in [0.25, 0.3) is 0 Å². The van der Waals surface area contributed by atoms with Crippen molar-refractivity contribution in [1.82, 2.24) is 15.3 Å². The molecule has 1 aromatic carbocycles. The van der Waals surface area contributed by atoms with Gasteiger partial charge in [0.05, 0.1) is 32.2 Å². The Morgan fingerprint density at radius 3 is 2.52 bits per heavy atom. The van der Waals surface area contributed by atoms with Crippen molar-refractivity contribution in [3.05, 3.63) is 52.8 Å². The van der Waals surface area contributed by atoms with Crippen LogP contribution in [0.2, 0.25) is 0 Å². The molecule has 1 fully saturated rings. The minimum Gasteiger partial charge on any atom is -0.345 e. The average molecular weight is 405 g/mol. The summed E-state index contributed by atoms with van der Waals surface area (Å²) in [7, 11) is 0. The SMILES string of the molecule is C[C@H](NC(=O)C[NH+]1CCN(c2ncccn2)CC1)c1ccc(Br)cc1. The molecule has 0 radical (unpaired) electrons. The van der Waals surface area contributed by atoms with Crippen LogP contribution in [0.1, 0.15) is 18.5 Å². The van der Waals surface area contributed by atoms with E-state index in [1.807, 2.05) is 37.3 Å². The zero-order valence-electron chi connectivity index (χ0n) is 14.3. The van der Waals surface area contributed by atoms with Crippen molar-refractivity contribution in [3.8, 4) is 0 Å². The van der Waals surface area contributed by atoms with Crippen molar-refractivity contribution in [1.29, 1.82) is 0 Å². The standard InChI is InChI=1S/C18H22BrN5O/c1-14(15-3-5-16(19)6-4-15)22-17(25)13-23-9-11-24(12-10-23)18-20-7-2-8-21-18/h2-8,14H,9-13H2,1H3,(H,22,25)/p+1/t14-/m0/s1. The van der Waals surface area contributed by atoms with E-state index >= 15 is 0 Å². The predicted molar refractivity (Wildman–Crippen MR) is 101 cm³/mol. The lowest BCUT2D eigenvalue weighted by molar-refractivity contribution is -0.892. The van der Waals surface area contributed by atoms with Crippen LogP contribution in [0, 0.1) is 0 Å². The molecule has 2 aromatic rings. The normalized spacial score (nSPS) is 16.5. The first-order valence-electron chi connectivity index (χ1n) is 8.52. The van der Waals surface area contributed by atoms with Gasteiger partial charge in [0.25, 0.3) is 5.91 Å². The molecule has 0 unspecified atom stereocenters. The molecule has 1 atom stereocenters. The maximum absolute atomic E-state index is 12.3. The minimum atomic E-state index is 0.0130. The Balaban J connectivity index is 1.45. The Kier molecular flexibility index (Phi) is 5.99. The summed E-state index contributed by atoms with van der Waals surface area (Å²) in [6, 6.07) is 9.88. The molecule has 1 amide bonds. The van der Waals surface area contributed by atoms with Gasteiger partial charge in [-0.25, -0.2) is 9.97 Å². The Morgan fingerprint density at radius 2 is 1.88 bits per heavy atom. The van der Waals surface area contributed by atoms with Crippen molar-refractivity contribution in [2.45, 2.75) is 13.0 Å². The molecule has 7 heteroatoms. The van der Waals surface area contributed by atoms with E-state index in [1.165, 1.54) is 4.90 Å². The molecule has 0 bridgehead atoms. The number of carbonyl (C=O) groups is 1. The van der Waals surface area contributed by atoms with E-state index in [1.54, 1.807) is 12.4 Å². The number of amides is 1. The largest absolute Gasteiger partial charge is 0.345 e. The summed E-state index contributed by atoms with van der Waals surface area (Å²) >= 11 is 3.43. The Bertz CT molecular complexity index is 686. The van der Waals surface area contributed by atoms with E-state index in [-0.39, 0.29) is 11.9 Å². The maximum atomic E-state index is 12.3. The van der Waals surface area contributed by atoms with Gasteiger partial charge in [0.15, 0.2) is 6.54 Å². The highest BCUT2D eigenvalue weighted by Crippen LogP contribution is 2.16. The zero-order valence-corrected chi connectivity index (χ0v) is 15.9. The van der Waals surface area contributed by atoms with Gasteiger partial charge in [0, 0.05) is 16.9 Å². The van der Waals surface area contributed by atoms with Gasteiger partial charge >= 0.3 is 0 Å². The molecule has 1 saturated heterocycles. The molecule has 1 aliphatic rings. The van der Waals surface area contributed by atoms with Crippen molar-refractivity contribution in [2.75, 3.05) is 37.6 Å². The number of nitrogens with one attached hydrogen (secondary N) is 2. The molecular formula is C18H23BrN5O+. The third kappa shape index (κ3) is 4.99. The molecule has 1 aromatic heterocycles. The van der Waals surface area contributed by atoms with Crippen LogP contribution in [0.4, 0.5) is 5.95 Å². The smallest absolute Gasteiger partial charge is 0.275 e. The Labute approximate surface area is 156 Å². The molecule has 25 heavy (non-hydrogen) atoms. The van der Waals surface area contributed by atoms with Crippen LogP contribution in [-0.2, 0) is 4.79 Å². The summed E-state index contributed by atoms with van der Waals surface area (Å²) in [5, 5.41) is 3.09. The Morgan fingerprint density at radius 1 is 1.24 bits per heavy atom. The van der Waals surface area contributed by atoms with Crippen LogP contribution >= 0.6 is 15.9 Å².